The molecule has 0 bridgehead atoms. The Morgan fingerprint density at radius 3 is 2.09 bits per heavy atom. The molecule has 0 radical (unpaired) electrons. The van der Waals surface area contributed by atoms with E-state index in [1.165, 1.54) is 21.9 Å². The lowest BCUT2D eigenvalue weighted by molar-refractivity contribution is -0.118. The lowest BCUT2D eigenvalue weighted by Gasteiger charge is -2.22. The Kier molecular flexibility index (Phi) is 6.20. The van der Waals surface area contributed by atoms with Gasteiger partial charge < -0.3 is 9.47 Å². The number of carbonyl (C=O) groups excluding carboxylic acids is 1. The highest BCUT2D eigenvalue weighted by Gasteiger charge is 2.40. The highest BCUT2D eigenvalue weighted by Crippen LogP contribution is 2.50. The van der Waals surface area contributed by atoms with Crippen molar-refractivity contribution in [2.24, 2.45) is 7.05 Å². The Labute approximate surface area is 257 Å². The Morgan fingerprint density at radius 2 is 1.32 bits per heavy atom. The quantitative estimate of drug-likeness (QED) is 0.203. The third-order valence-corrected chi connectivity index (χ3v) is 9.17. The van der Waals surface area contributed by atoms with Gasteiger partial charge in [0.25, 0.3) is 0 Å². The monoisotopic (exact) mass is 568 g/mol. The molecular formula is C41H32N2O. The molecule has 1 amide bonds. The third-order valence-electron chi connectivity index (χ3n) is 9.17. The van der Waals surface area contributed by atoms with Crippen LogP contribution in [0.15, 0.2) is 140 Å². The number of hydrogen-bond acceptors (Lipinski definition) is 1. The zero-order valence-corrected chi connectivity index (χ0v) is 24.9. The summed E-state index contributed by atoms with van der Waals surface area (Å²) in [6.45, 7) is 2.66. The molecule has 2 heterocycles. The van der Waals surface area contributed by atoms with Gasteiger partial charge in [-0.2, -0.15) is 0 Å². The van der Waals surface area contributed by atoms with Crippen molar-refractivity contribution in [3.05, 3.63) is 162 Å². The largest absolute Gasteiger partial charge is 0.343 e. The van der Waals surface area contributed by atoms with E-state index in [4.69, 9.17) is 0 Å². The fraction of sp³-hybridized carbons (Fsp3) is 0.0976. The van der Waals surface area contributed by atoms with Crippen LogP contribution in [0.1, 0.15) is 28.2 Å². The first-order valence-electron chi connectivity index (χ1n) is 15.2. The Hall–Kier alpha value is -5.41. The van der Waals surface area contributed by atoms with Crippen molar-refractivity contribution in [2.45, 2.75) is 19.4 Å². The van der Waals surface area contributed by atoms with Gasteiger partial charge >= 0.3 is 0 Å². The third kappa shape index (κ3) is 4.08. The molecule has 212 valence electrons. The number of amides is 1. The van der Waals surface area contributed by atoms with Crippen LogP contribution < -0.4 is 4.90 Å². The van der Waals surface area contributed by atoms with E-state index < -0.39 is 5.92 Å². The van der Waals surface area contributed by atoms with E-state index in [9.17, 15) is 4.79 Å². The minimum absolute atomic E-state index is 0.112. The molecule has 1 aliphatic heterocycles. The summed E-state index contributed by atoms with van der Waals surface area (Å²) in [5.74, 6) is -0.323. The second-order valence-electron chi connectivity index (χ2n) is 11.8. The summed E-state index contributed by atoms with van der Waals surface area (Å²) in [4.78, 5) is 16.7. The van der Waals surface area contributed by atoms with Gasteiger partial charge in [-0.05, 0) is 58.5 Å². The van der Waals surface area contributed by atoms with Crippen molar-refractivity contribution in [3.63, 3.8) is 0 Å². The van der Waals surface area contributed by atoms with Gasteiger partial charge in [0.15, 0.2) is 0 Å². The summed E-state index contributed by atoms with van der Waals surface area (Å²) in [5, 5.41) is 2.43. The summed E-state index contributed by atoms with van der Waals surface area (Å²) >= 11 is 0. The normalized spacial score (nSPS) is 14.5. The molecule has 0 aliphatic carbocycles. The lowest BCUT2D eigenvalue weighted by atomic mass is 9.82. The summed E-state index contributed by atoms with van der Waals surface area (Å²) < 4.78 is 2.32. The van der Waals surface area contributed by atoms with Crippen molar-refractivity contribution in [3.8, 4) is 22.3 Å². The Balaban J connectivity index is 1.47. The fourth-order valence-electron chi connectivity index (χ4n) is 7.11. The van der Waals surface area contributed by atoms with Crippen molar-refractivity contribution in [1.82, 2.24) is 4.57 Å². The first kappa shape index (κ1) is 26.2. The van der Waals surface area contributed by atoms with E-state index in [2.05, 4.69) is 134 Å². The van der Waals surface area contributed by atoms with Crippen LogP contribution >= 0.6 is 0 Å². The first-order valence-corrected chi connectivity index (χ1v) is 15.2. The smallest absolute Gasteiger partial charge is 0.239 e. The van der Waals surface area contributed by atoms with Crippen LogP contribution in [0.5, 0.6) is 0 Å². The molecular weight excluding hydrogens is 536 g/mol. The number of aryl methyl sites for hydroxylation is 2. The number of aromatic nitrogens is 1. The molecule has 0 unspecified atom stereocenters. The van der Waals surface area contributed by atoms with Crippen molar-refractivity contribution >= 4 is 33.4 Å². The molecule has 1 aromatic heterocycles. The average Bonchev–Trinajstić information content (AvgIpc) is 3.52. The molecule has 1 atom stereocenters. The number of carbonyl (C=O) groups is 1. The molecule has 0 spiro atoms. The molecule has 3 nitrogen and oxygen atoms in total. The number of hydrogen-bond donors (Lipinski definition) is 0. The minimum atomic E-state index is -0.434. The summed E-state index contributed by atoms with van der Waals surface area (Å²) in [5.41, 5.74) is 12.3. The van der Waals surface area contributed by atoms with Gasteiger partial charge in [-0.3, -0.25) is 4.79 Å². The second-order valence-corrected chi connectivity index (χ2v) is 11.8. The van der Waals surface area contributed by atoms with Crippen LogP contribution in [0.4, 0.5) is 5.69 Å². The molecule has 0 saturated heterocycles. The molecule has 3 heteroatoms. The molecule has 0 saturated carbocycles. The van der Waals surface area contributed by atoms with Gasteiger partial charge in [-0.1, -0.05) is 127 Å². The standard InChI is InChI=1S/C41H32N2O/c1-27-21-23-30(24-22-27)37-34(39-32-18-10-12-20-36(32)43(41(39)44)26-28-13-5-3-6-14-28)25-33(29-15-7-4-8-16-29)38-31-17-9-11-19-35(31)42(2)40(37)38/h3-25,39H,26H2,1-2H3/t39-/m1/s1. The predicted octanol–water partition coefficient (Wildman–Crippen LogP) is 9.65. The van der Waals surface area contributed by atoms with Crippen LogP contribution in [0.25, 0.3) is 44.1 Å². The Bertz CT molecular complexity index is 2180. The van der Waals surface area contributed by atoms with Crippen LogP contribution in [0.3, 0.4) is 0 Å². The zero-order chi connectivity index (χ0) is 29.8. The van der Waals surface area contributed by atoms with Crippen LogP contribution in [0.2, 0.25) is 0 Å². The summed E-state index contributed by atoms with van der Waals surface area (Å²) in [7, 11) is 2.16. The summed E-state index contributed by atoms with van der Waals surface area (Å²) in [6, 6.07) is 48.9. The first-order chi connectivity index (χ1) is 21.6. The minimum Gasteiger partial charge on any atom is -0.343 e. The molecule has 0 N–H and O–H groups in total. The highest BCUT2D eigenvalue weighted by molar-refractivity contribution is 6.20. The zero-order valence-electron chi connectivity index (χ0n) is 24.9. The molecule has 7 aromatic rings. The van der Waals surface area contributed by atoms with Crippen molar-refractivity contribution < 1.29 is 4.79 Å². The topological polar surface area (TPSA) is 25.2 Å². The van der Waals surface area contributed by atoms with Crippen LogP contribution in [-0.4, -0.2) is 10.5 Å². The van der Waals surface area contributed by atoms with E-state index in [1.54, 1.807) is 0 Å². The maximum Gasteiger partial charge on any atom is 0.239 e. The average molecular weight is 569 g/mol. The maximum atomic E-state index is 14.8. The van der Waals surface area contributed by atoms with Gasteiger partial charge in [0.1, 0.15) is 0 Å². The van der Waals surface area contributed by atoms with Gasteiger partial charge in [0.05, 0.1) is 18.0 Å². The molecule has 6 aromatic carbocycles. The maximum absolute atomic E-state index is 14.8. The molecule has 1 aliphatic rings. The van der Waals surface area contributed by atoms with Crippen molar-refractivity contribution in [1.29, 1.82) is 0 Å². The molecule has 0 fully saturated rings. The number of anilines is 1. The fourth-order valence-corrected chi connectivity index (χ4v) is 7.11. The van der Waals surface area contributed by atoms with E-state index >= 15 is 0 Å². The SMILES string of the molecule is Cc1ccc(-c2c([C@@H]3C(=O)N(Cc4ccccc4)c4ccccc43)cc(-c3ccccc3)c3c4ccccc4n(C)c23)cc1. The van der Waals surface area contributed by atoms with E-state index in [0.717, 1.165) is 50.1 Å². The van der Waals surface area contributed by atoms with E-state index in [0.29, 0.717) is 6.54 Å². The Morgan fingerprint density at radius 1 is 0.659 bits per heavy atom. The number of fused-ring (bicyclic) bond motifs is 4. The number of rotatable bonds is 5. The van der Waals surface area contributed by atoms with E-state index in [-0.39, 0.29) is 5.91 Å². The van der Waals surface area contributed by atoms with Crippen LogP contribution in [0, 0.1) is 6.92 Å². The van der Waals surface area contributed by atoms with E-state index in [1.807, 2.05) is 29.2 Å². The van der Waals surface area contributed by atoms with Crippen molar-refractivity contribution in [2.75, 3.05) is 4.90 Å². The predicted molar refractivity (Wildman–Crippen MR) is 182 cm³/mol. The summed E-state index contributed by atoms with van der Waals surface area (Å²) in [6.07, 6.45) is 0. The van der Waals surface area contributed by atoms with Gasteiger partial charge in [-0.15, -0.1) is 0 Å². The lowest BCUT2D eigenvalue weighted by Crippen LogP contribution is -2.28. The van der Waals surface area contributed by atoms with Gasteiger partial charge in [0, 0.05) is 34.6 Å². The number of nitrogens with zero attached hydrogens (tertiary/aromatic N) is 2. The van der Waals surface area contributed by atoms with Crippen LogP contribution in [-0.2, 0) is 18.4 Å². The highest BCUT2D eigenvalue weighted by atomic mass is 16.2. The number of benzene rings is 6. The second kappa shape index (κ2) is 10.4. The van der Waals surface area contributed by atoms with Gasteiger partial charge in [-0.25, -0.2) is 0 Å². The number of para-hydroxylation sites is 2. The molecule has 44 heavy (non-hydrogen) atoms. The molecule has 8 rings (SSSR count). The van der Waals surface area contributed by atoms with Gasteiger partial charge in [0.2, 0.25) is 5.91 Å².